The van der Waals surface area contributed by atoms with Gasteiger partial charge in [0.15, 0.2) is 5.82 Å². The maximum atomic E-state index is 11.6. The number of urea groups is 1. The fourth-order valence-electron chi connectivity index (χ4n) is 1.38. The van der Waals surface area contributed by atoms with Gasteiger partial charge in [-0.3, -0.25) is 9.48 Å². The number of aliphatic carboxylic acids is 1. The molecule has 0 saturated heterocycles. The third-order valence-corrected chi connectivity index (χ3v) is 2.27. The van der Waals surface area contributed by atoms with Gasteiger partial charge in [-0.25, -0.2) is 9.78 Å². The van der Waals surface area contributed by atoms with Crippen LogP contribution in [-0.2, 0) is 18.3 Å². The van der Waals surface area contributed by atoms with E-state index in [0.29, 0.717) is 25.3 Å². The van der Waals surface area contributed by atoms with Crippen molar-refractivity contribution in [2.75, 3.05) is 19.6 Å². The first-order valence-electron chi connectivity index (χ1n) is 5.62. The zero-order valence-corrected chi connectivity index (χ0v) is 10.5. The molecule has 0 saturated carbocycles. The molecule has 2 amide bonds. The van der Waals surface area contributed by atoms with Crippen LogP contribution in [0.1, 0.15) is 12.7 Å². The molecule has 0 bridgehead atoms. The molecule has 0 spiro atoms. The Bertz CT molecular complexity index is 417. The van der Waals surface area contributed by atoms with Crippen molar-refractivity contribution in [1.82, 2.24) is 25.0 Å². The number of aryl methyl sites for hydroxylation is 1. The molecule has 0 atom stereocenters. The van der Waals surface area contributed by atoms with Crippen LogP contribution < -0.4 is 5.32 Å². The summed E-state index contributed by atoms with van der Waals surface area (Å²) in [6, 6.07) is -0.393. The molecule has 0 aromatic carbocycles. The molecule has 0 unspecified atom stereocenters. The summed E-state index contributed by atoms with van der Waals surface area (Å²) in [5.41, 5.74) is 0. The van der Waals surface area contributed by atoms with Crippen LogP contribution in [0.5, 0.6) is 0 Å². The van der Waals surface area contributed by atoms with Crippen molar-refractivity contribution in [1.29, 1.82) is 0 Å². The minimum absolute atomic E-state index is 0.301. The van der Waals surface area contributed by atoms with Crippen molar-refractivity contribution >= 4 is 12.0 Å². The minimum Gasteiger partial charge on any atom is -0.480 e. The normalized spacial score (nSPS) is 10.1. The second-order valence-electron chi connectivity index (χ2n) is 3.72. The van der Waals surface area contributed by atoms with Crippen molar-refractivity contribution in [2.24, 2.45) is 7.05 Å². The Morgan fingerprint density at radius 3 is 2.78 bits per heavy atom. The van der Waals surface area contributed by atoms with Crippen LogP contribution in [0.3, 0.4) is 0 Å². The van der Waals surface area contributed by atoms with Gasteiger partial charge in [-0.2, -0.15) is 5.10 Å². The highest BCUT2D eigenvalue weighted by molar-refractivity contribution is 5.79. The number of carboxylic acid groups (broad SMARTS) is 1. The van der Waals surface area contributed by atoms with E-state index in [9.17, 15) is 9.59 Å². The Morgan fingerprint density at radius 2 is 2.28 bits per heavy atom. The first-order valence-corrected chi connectivity index (χ1v) is 5.62. The summed E-state index contributed by atoms with van der Waals surface area (Å²) >= 11 is 0. The molecular weight excluding hydrogens is 238 g/mol. The van der Waals surface area contributed by atoms with Gasteiger partial charge < -0.3 is 15.3 Å². The van der Waals surface area contributed by atoms with E-state index in [-0.39, 0.29) is 6.54 Å². The number of nitrogens with one attached hydrogen (secondary N) is 1. The Balaban J connectivity index is 2.33. The molecule has 8 nitrogen and oxygen atoms in total. The van der Waals surface area contributed by atoms with Crippen LogP contribution in [0.4, 0.5) is 4.79 Å². The number of likely N-dealkylation sites (N-methyl/N-ethyl adjacent to an activating group) is 1. The van der Waals surface area contributed by atoms with E-state index in [0.717, 1.165) is 0 Å². The van der Waals surface area contributed by atoms with E-state index in [4.69, 9.17) is 5.11 Å². The predicted molar refractivity (Wildman–Crippen MR) is 63.0 cm³/mol. The average Bonchev–Trinajstić information content (AvgIpc) is 2.71. The van der Waals surface area contributed by atoms with Gasteiger partial charge in [-0.15, -0.1) is 0 Å². The summed E-state index contributed by atoms with van der Waals surface area (Å²) in [5.74, 6) is -0.391. The topological polar surface area (TPSA) is 100 Å². The Labute approximate surface area is 105 Å². The number of rotatable bonds is 6. The zero-order valence-electron chi connectivity index (χ0n) is 10.5. The third kappa shape index (κ3) is 4.40. The molecule has 0 aliphatic carbocycles. The van der Waals surface area contributed by atoms with Crippen LogP contribution in [0.25, 0.3) is 0 Å². The molecule has 1 aromatic heterocycles. The van der Waals surface area contributed by atoms with Crippen LogP contribution in [0.2, 0.25) is 0 Å². The summed E-state index contributed by atoms with van der Waals surface area (Å²) in [7, 11) is 1.76. The molecule has 0 radical (unpaired) electrons. The van der Waals surface area contributed by atoms with Gasteiger partial charge in [0.1, 0.15) is 12.9 Å². The Hall–Kier alpha value is -2.12. The molecule has 2 N–H and O–H groups in total. The SMILES string of the molecule is CCN(CC(=O)O)C(=O)NCCc1ncn(C)n1. The van der Waals surface area contributed by atoms with E-state index in [1.54, 1.807) is 25.0 Å². The van der Waals surface area contributed by atoms with E-state index >= 15 is 0 Å². The number of carbonyl (C=O) groups excluding carboxylic acids is 1. The van der Waals surface area contributed by atoms with Crippen LogP contribution >= 0.6 is 0 Å². The molecule has 8 heteroatoms. The Kier molecular flexibility index (Phi) is 5.09. The summed E-state index contributed by atoms with van der Waals surface area (Å²) in [6.45, 7) is 2.14. The van der Waals surface area contributed by atoms with Gasteiger partial charge in [0, 0.05) is 26.6 Å². The monoisotopic (exact) mass is 255 g/mol. The maximum Gasteiger partial charge on any atom is 0.323 e. The number of nitrogens with zero attached hydrogens (tertiary/aromatic N) is 4. The largest absolute Gasteiger partial charge is 0.480 e. The van der Waals surface area contributed by atoms with E-state index in [1.165, 1.54) is 4.90 Å². The summed E-state index contributed by atoms with van der Waals surface area (Å²) in [4.78, 5) is 27.4. The fourth-order valence-corrected chi connectivity index (χ4v) is 1.38. The highest BCUT2D eigenvalue weighted by Crippen LogP contribution is 1.91. The van der Waals surface area contributed by atoms with Gasteiger partial charge in [-0.1, -0.05) is 0 Å². The van der Waals surface area contributed by atoms with Gasteiger partial charge in [0.25, 0.3) is 0 Å². The molecule has 0 fully saturated rings. The molecule has 18 heavy (non-hydrogen) atoms. The van der Waals surface area contributed by atoms with Gasteiger partial charge >= 0.3 is 12.0 Å². The second kappa shape index (κ2) is 6.58. The average molecular weight is 255 g/mol. The molecule has 0 aliphatic heterocycles. The first-order chi connectivity index (χ1) is 8.52. The van der Waals surface area contributed by atoms with Crippen molar-refractivity contribution in [2.45, 2.75) is 13.3 Å². The summed E-state index contributed by atoms with van der Waals surface area (Å²) in [6.07, 6.45) is 2.09. The zero-order chi connectivity index (χ0) is 13.5. The van der Waals surface area contributed by atoms with Crippen molar-refractivity contribution in [3.63, 3.8) is 0 Å². The highest BCUT2D eigenvalue weighted by atomic mass is 16.4. The number of carbonyl (C=O) groups is 2. The molecule has 1 rings (SSSR count). The number of hydrogen-bond donors (Lipinski definition) is 2. The summed E-state index contributed by atoms with van der Waals surface area (Å²) in [5, 5.41) is 15.3. The smallest absolute Gasteiger partial charge is 0.323 e. The van der Waals surface area contributed by atoms with Crippen LogP contribution in [0, 0.1) is 0 Å². The fraction of sp³-hybridized carbons (Fsp3) is 0.600. The number of carboxylic acids is 1. The lowest BCUT2D eigenvalue weighted by atomic mass is 10.4. The molecule has 1 aromatic rings. The van der Waals surface area contributed by atoms with Crippen molar-refractivity contribution < 1.29 is 14.7 Å². The quantitative estimate of drug-likeness (QED) is 0.712. The number of hydrogen-bond acceptors (Lipinski definition) is 4. The predicted octanol–water partition coefficient (Wildman–Crippen LogP) is -0.526. The van der Waals surface area contributed by atoms with Gasteiger partial charge in [0.05, 0.1) is 0 Å². The van der Waals surface area contributed by atoms with Gasteiger partial charge in [-0.05, 0) is 6.92 Å². The lowest BCUT2D eigenvalue weighted by Gasteiger charge is -2.18. The standard InChI is InChI=1S/C10H17N5O3/c1-3-15(6-9(16)17)10(18)11-5-4-8-12-7-14(2)13-8/h7H,3-6H2,1-2H3,(H,11,18)(H,16,17). The van der Waals surface area contributed by atoms with Crippen molar-refractivity contribution in [3.8, 4) is 0 Å². The minimum atomic E-state index is -1.03. The van der Waals surface area contributed by atoms with Gasteiger partial charge in [0.2, 0.25) is 0 Å². The molecular formula is C10H17N5O3. The number of aromatic nitrogens is 3. The highest BCUT2D eigenvalue weighted by Gasteiger charge is 2.14. The summed E-state index contributed by atoms with van der Waals surface area (Å²) < 4.78 is 1.58. The van der Waals surface area contributed by atoms with Crippen LogP contribution in [0.15, 0.2) is 6.33 Å². The van der Waals surface area contributed by atoms with E-state index < -0.39 is 12.0 Å². The third-order valence-electron chi connectivity index (χ3n) is 2.27. The first kappa shape index (κ1) is 13.9. The molecule has 0 aliphatic rings. The second-order valence-corrected chi connectivity index (χ2v) is 3.72. The lowest BCUT2D eigenvalue weighted by molar-refractivity contribution is -0.137. The van der Waals surface area contributed by atoms with E-state index in [2.05, 4.69) is 15.4 Å². The molecule has 100 valence electrons. The van der Waals surface area contributed by atoms with E-state index in [1.807, 2.05) is 0 Å². The lowest BCUT2D eigenvalue weighted by Crippen LogP contribution is -2.43. The Morgan fingerprint density at radius 1 is 1.56 bits per heavy atom. The molecule has 1 heterocycles. The van der Waals surface area contributed by atoms with Crippen LogP contribution in [-0.4, -0.2) is 56.4 Å². The van der Waals surface area contributed by atoms with Crippen molar-refractivity contribution in [3.05, 3.63) is 12.2 Å². The maximum absolute atomic E-state index is 11.6. The number of amides is 2.